The maximum atomic E-state index is 13.1. The van der Waals surface area contributed by atoms with Gasteiger partial charge in [0.05, 0.1) is 29.5 Å². The third-order valence-electron chi connectivity index (χ3n) is 4.55. The van der Waals surface area contributed by atoms with E-state index in [1.807, 2.05) is 19.2 Å². The molecule has 10 heteroatoms. The van der Waals surface area contributed by atoms with Gasteiger partial charge >= 0.3 is 6.18 Å². The van der Waals surface area contributed by atoms with Crippen molar-refractivity contribution < 1.29 is 18.0 Å². The minimum atomic E-state index is -4.61. The molecule has 2 aromatic heterocycles. The Kier molecular flexibility index (Phi) is 5.50. The quantitative estimate of drug-likeness (QED) is 0.708. The predicted octanol–water partition coefficient (Wildman–Crippen LogP) is 3.70. The van der Waals surface area contributed by atoms with Crippen molar-refractivity contribution in [1.82, 2.24) is 24.5 Å². The molecule has 0 bridgehead atoms. The molecule has 3 rings (SSSR count). The molecule has 148 valence electrons. The van der Waals surface area contributed by atoms with E-state index in [2.05, 4.69) is 10.2 Å². The first kappa shape index (κ1) is 19.7. The number of halogens is 4. The van der Waals surface area contributed by atoms with Crippen molar-refractivity contribution in [2.24, 2.45) is 0 Å². The minimum absolute atomic E-state index is 0.00746. The van der Waals surface area contributed by atoms with E-state index in [4.69, 9.17) is 11.6 Å². The number of aromatic nitrogens is 4. The van der Waals surface area contributed by atoms with Gasteiger partial charge in [-0.05, 0) is 25.8 Å². The fraction of sp³-hybridized carbons (Fsp3) is 0.588. The van der Waals surface area contributed by atoms with Crippen molar-refractivity contribution in [3.8, 4) is 0 Å². The Balaban J connectivity index is 1.66. The number of aryl methyl sites for hydroxylation is 2. The summed E-state index contributed by atoms with van der Waals surface area (Å²) in [5, 5.41) is 7.63. The summed E-state index contributed by atoms with van der Waals surface area (Å²) in [6, 6.07) is 1.83. The summed E-state index contributed by atoms with van der Waals surface area (Å²) in [5.41, 5.74) is 0.0750. The van der Waals surface area contributed by atoms with Crippen molar-refractivity contribution in [1.29, 1.82) is 0 Å². The second-order valence-electron chi connectivity index (χ2n) is 6.71. The van der Waals surface area contributed by atoms with Crippen molar-refractivity contribution in [2.45, 2.75) is 57.9 Å². The lowest BCUT2D eigenvalue weighted by atomic mass is 10.2. The van der Waals surface area contributed by atoms with Gasteiger partial charge in [0.15, 0.2) is 5.69 Å². The summed E-state index contributed by atoms with van der Waals surface area (Å²) in [4.78, 5) is 13.9. The average Bonchev–Trinajstić information content (AvgIpc) is 3.23. The van der Waals surface area contributed by atoms with Gasteiger partial charge in [0.2, 0.25) is 5.91 Å². The van der Waals surface area contributed by atoms with Crippen LogP contribution < -0.4 is 0 Å². The molecule has 27 heavy (non-hydrogen) atoms. The van der Waals surface area contributed by atoms with Crippen LogP contribution in [0, 0.1) is 0 Å². The first-order chi connectivity index (χ1) is 12.7. The number of carbonyl (C=O) groups is 1. The van der Waals surface area contributed by atoms with Crippen LogP contribution in [0.2, 0.25) is 5.02 Å². The second-order valence-corrected chi connectivity index (χ2v) is 7.08. The smallest absolute Gasteiger partial charge is 0.340 e. The van der Waals surface area contributed by atoms with Crippen LogP contribution in [0.25, 0.3) is 0 Å². The van der Waals surface area contributed by atoms with Crippen LogP contribution in [-0.4, -0.2) is 37.4 Å². The molecule has 0 unspecified atom stereocenters. The molecule has 0 N–H and O–H groups in total. The van der Waals surface area contributed by atoms with Gasteiger partial charge in [-0.3, -0.25) is 14.2 Å². The molecule has 2 heterocycles. The molecule has 0 spiro atoms. The van der Waals surface area contributed by atoms with Gasteiger partial charge in [-0.15, -0.1) is 0 Å². The highest BCUT2D eigenvalue weighted by Gasteiger charge is 2.42. The molecular weight excluding hydrogens is 383 g/mol. The van der Waals surface area contributed by atoms with Gasteiger partial charge < -0.3 is 4.90 Å². The fourth-order valence-electron chi connectivity index (χ4n) is 2.94. The van der Waals surface area contributed by atoms with E-state index >= 15 is 0 Å². The maximum Gasteiger partial charge on any atom is 0.436 e. The topological polar surface area (TPSA) is 56.0 Å². The lowest BCUT2D eigenvalue weighted by Crippen LogP contribution is -2.27. The molecular formula is C17H21ClF3N5O. The van der Waals surface area contributed by atoms with E-state index in [1.165, 1.54) is 9.58 Å². The zero-order valence-corrected chi connectivity index (χ0v) is 15.9. The first-order valence-electron chi connectivity index (χ1n) is 8.80. The SMILES string of the molecule is CCn1ccc(CN(C)C(=O)CCn2nc(C(F)(F)F)c(Cl)c2C2CC2)n1. The summed E-state index contributed by atoms with van der Waals surface area (Å²) in [5.74, 6) is -0.199. The van der Waals surface area contributed by atoms with E-state index in [1.54, 1.807) is 11.7 Å². The fourth-order valence-corrected chi connectivity index (χ4v) is 3.34. The van der Waals surface area contributed by atoms with Gasteiger partial charge in [0.25, 0.3) is 0 Å². The average molecular weight is 404 g/mol. The van der Waals surface area contributed by atoms with E-state index in [0.29, 0.717) is 12.2 Å². The van der Waals surface area contributed by atoms with Gasteiger partial charge in [-0.2, -0.15) is 23.4 Å². The molecule has 6 nitrogen and oxygen atoms in total. The third-order valence-corrected chi connectivity index (χ3v) is 4.92. The van der Waals surface area contributed by atoms with Crippen molar-refractivity contribution >= 4 is 17.5 Å². The predicted molar refractivity (Wildman–Crippen MR) is 93.2 cm³/mol. The van der Waals surface area contributed by atoms with Crippen LogP contribution in [-0.2, 0) is 30.6 Å². The summed E-state index contributed by atoms with van der Waals surface area (Å²) in [6.07, 6.45) is -1.15. The number of alkyl halides is 3. The van der Waals surface area contributed by atoms with Crippen LogP contribution in [0.5, 0.6) is 0 Å². The molecule has 0 radical (unpaired) electrons. The molecule has 0 aliphatic heterocycles. The Morgan fingerprint density at radius 2 is 2.07 bits per heavy atom. The molecule has 1 amide bonds. The molecule has 1 aliphatic rings. The Bertz CT molecular complexity index is 825. The Morgan fingerprint density at radius 3 is 2.63 bits per heavy atom. The number of amides is 1. The van der Waals surface area contributed by atoms with Crippen LogP contribution in [0.1, 0.15) is 49.2 Å². The van der Waals surface area contributed by atoms with Crippen molar-refractivity contribution in [2.75, 3.05) is 7.05 Å². The normalized spacial score (nSPS) is 14.6. The molecule has 0 saturated heterocycles. The highest BCUT2D eigenvalue weighted by atomic mass is 35.5. The number of hydrogen-bond donors (Lipinski definition) is 0. The number of hydrogen-bond acceptors (Lipinski definition) is 3. The highest BCUT2D eigenvalue weighted by Crippen LogP contribution is 2.46. The largest absolute Gasteiger partial charge is 0.436 e. The van der Waals surface area contributed by atoms with E-state index in [0.717, 1.165) is 25.1 Å². The second kappa shape index (κ2) is 7.53. The molecule has 1 saturated carbocycles. The van der Waals surface area contributed by atoms with Gasteiger partial charge in [-0.1, -0.05) is 11.6 Å². The summed E-state index contributed by atoms with van der Waals surface area (Å²) in [7, 11) is 1.65. The first-order valence-corrected chi connectivity index (χ1v) is 9.18. The van der Waals surface area contributed by atoms with E-state index < -0.39 is 11.9 Å². The van der Waals surface area contributed by atoms with Crippen LogP contribution >= 0.6 is 11.6 Å². The zero-order chi connectivity index (χ0) is 19.8. The Morgan fingerprint density at radius 1 is 1.37 bits per heavy atom. The summed E-state index contributed by atoms with van der Waals surface area (Å²) >= 11 is 5.94. The zero-order valence-electron chi connectivity index (χ0n) is 15.1. The number of carbonyl (C=O) groups excluding carboxylic acids is 1. The molecule has 1 fully saturated rings. The Labute approximate surface area is 159 Å². The Hall–Kier alpha value is -2.03. The lowest BCUT2D eigenvalue weighted by Gasteiger charge is -2.16. The molecule has 0 aromatic carbocycles. The van der Waals surface area contributed by atoms with Crippen LogP contribution in [0.15, 0.2) is 12.3 Å². The van der Waals surface area contributed by atoms with Crippen molar-refractivity contribution in [3.63, 3.8) is 0 Å². The lowest BCUT2D eigenvalue weighted by molar-refractivity contribution is -0.141. The van der Waals surface area contributed by atoms with Crippen LogP contribution in [0.3, 0.4) is 0 Å². The minimum Gasteiger partial charge on any atom is -0.340 e. The van der Waals surface area contributed by atoms with Gasteiger partial charge in [0, 0.05) is 32.1 Å². The summed E-state index contributed by atoms with van der Waals surface area (Å²) in [6.45, 7) is 3.11. The van der Waals surface area contributed by atoms with E-state index in [-0.39, 0.29) is 29.8 Å². The van der Waals surface area contributed by atoms with Crippen LogP contribution in [0.4, 0.5) is 13.2 Å². The molecule has 2 aromatic rings. The van der Waals surface area contributed by atoms with Gasteiger partial charge in [0.1, 0.15) is 0 Å². The van der Waals surface area contributed by atoms with Gasteiger partial charge in [-0.25, -0.2) is 0 Å². The molecule has 0 atom stereocenters. The van der Waals surface area contributed by atoms with Crippen molar-refractivity contribution in [3.05, 3.63) is 34.4 Å². The molecule has 1 aliphatic carbocycles. The highest BCUT2D eigenvalue weighted by molar-refractivity contribution is 6.32. The van der Waals surface area contributed by atoms with E-state index in [9.17, 15) is 18.0 Å². The summed E-state index contributed by atoms with van der Waals surface area (Å²) < 4.78 is 42.3. The maximum absolute atomic E-state index is 13.1. The third kappa shape index (κ3) is 4.45. The standard InChI is InChI=1S/C17H21ClF3N5O/c1-3-25-8-6-12(22-25)10-24(2)13(27)7-9-26-15(11-4-5-11)14(18)16(23-26)17(19,20)21/h6,8,11H,3-5,7,9-10H2,1-2H3. The number of nitrogens with zero attached hydrogens (tertiary/aromatic N) is 5. The number of rotatable bonds is 7. The monoisotopic (exact) mass is 403 g/mol.